The number of ether oxygens (including phenoxy) is 2. The van der Waals surface area contributed by atoms with Crippen molar-refractivity contribution in [2.75, 3.05) is 19.9 Å². The van der Waals surface area contributed by atoms with Gasteiger partial charge in [0.25, 0.3) is 0 Å². The van der Waals surface area contributed by atoms with Gasteiger partial charge in [0.2, 0.25) is 0 Å². The Morgan fingerprint density at radius 3 is 2.50 bits per heavy atom. The highest BCUT2D eigenvalue weighted by Gasteiger charge is 2.07. The molecule has 2 nitrogen and oxygen atoms in total. The number of aryl methyl sites for hydroxylation is 1. The zero-order chi connectivity index (χ0) is 12.3. The predicted molar refractivity (Wildman–Crippen MR) is 60.7 cm³/mol. The summed E-state index contributed by atoms with van der Waals surface area (Å²) in [4.78, 5) is 0.866. The molecule has 1 aromatic carbocycles. The average Bonchev–Trinajstić information content (AvgIpc) is 2.18. The van der Waals surface area contributed by atoms with Crippen molar-refractivity contribution >= 4 is 11.8 Å². The summed E-state index contributed by atoms with van der Waals surface area (Å²) in [6.45, 7) is 3.46. The van der Waals surface area contributed by atoms with Gasteiger partial charge >= 0.3 is 0 Å². The Morgan fingerprint density at radius 1 is 1.43 bits per heavy atom. The lowest BCUT2D eigenvalue weighted by molar-refractivity contribution is 0.353. The van der Waals surface area contributed by atoms with E-state index in [0.29, 0.717) is 11.5 Å². The van der Waals surface area contributed by atoms with Gasteiger partial charge in [-0.2, -0.15) is 0 Å². The van der Waals surface area contributed by atoms with Crippen LogP contribution >= 0.6 is 11.8 Å². The van der Waals surface area contributed by atoms with Crippen molar-refractivity contribution in [3.05, 3.63) is 17.7 Å². The molecular formula is C11H16O2S. The van der Waals surface area contributed by atoms with Gasteiger partial charge < -0.3 is 9.47 Å². The van der Waals surface area contributed by atoms with Crippen molar-refractivity contribution in [3.63, 3.8) is 0 Å². The van der Waals surface area contributed by atoms with Gasteiger partial charge in [0.15, 0.2) is 11.5 Å². The Hall–Kier alpha value is -0.830. The van der Waals surface area contributed by atoms with Crippen LogP contribution in [0.25, 0.3) is 0 Å². The van der Waals surface area contributed by atoms with Gasteiger partial charge in [-0.05, 0) is 30.3 Å². The van der Waals surface area contributed by atoms with E-state index in [1.165, 1.54) is 18.7 Å². The number of methoxy groups -OCH3 is 2. The molecule has 1 rings (SSSR count). The molecule has 0 saturated heterocycles. The monoisotopic (exact) mass is 214 g/mol. The molecule has 0 fully saturated rings. The normalized spacial score (nSPS) is 16.6. The van der Waals surface area contributed by atoms with Crippen LogP contribution in [0.5, 0.6) is 11.5 Å². The van der Waals surface area contributed by atoms with E-state index in [1.807, 2.05) is 13.0 Å². The molecular weight excluding hydrogens is 197 g/mol. The minimum Gasteiger partial charge on any atom is -0.493 e. The molecule has 0 aromatic heterocycles. The lowest BCUT2D eigenvalue weighted by atomic mass is 10.2. The standard InChI is InChI=1S/C11H16O2S/c1-5-14-11-7-10(13-4)9(12-3)6-8(11)2/h6-7H,5H2,1-4H3/i5+1DH. The second-order valence-corrected chi connectivity index (χ2v) is 3.83. The van der Waals surface area contributed by atoms with Gasteiger partial charge in [-0.15, -0.1) is 11.8 Å². The Labute approximate surface area is 92.4 Å². The molecule has 1 atom stereocenters. The number of rotatable bonds is 4. The van der Waals surface area contributed by atoms with Gasteiger partial charge in [-0.1, -0.05) is 6.92 Å². The maximum Gasteiger partial charge on any atom is 0.161 e. The molecule has 14 heavy (non-hydrogen) atoms. The molecule has 3 heteroatoms. The molecule has 0 aliphatic carbocycles. The van der Waals surface area contributed by atoms with Crippen molar-refractivity contribution in [1.82, 2.24) is 0 Å². The van der Waals surface area contributed by atoms with Crippen LogP contribution in [0, 0.1) is 6.92 Å². The summed E-state index contributed by atoms with van der Waals surface area (Å²) < 4.78 is 25.5. The molecule has 78 valence electrons. The fraction of sp³-hybridized carbons (Fsp3) is 0.455. The third-order valence-corrected chi connectivity index (χ3v) is 2.76. The van der Waals surface area contributed by atoms with E-state index in [-0.39, 0.29) is 0 Å². The zero-order valence-electron chi connectivity index (χ0n) is 10.9. The van der Waals surface area contributed by atoms with Crippen LogP contribution in [0.2, 0.25) is 0 Å². The lowest BCUT2D eigenvalue weighted by Gasteiger charge is -2.11. The number of benzene rings is 1. The molecule has 1 unspecified atom stereocenters. The summed E-state index contributed by atoms with van der Waals surface area (Å²) in [5.74, 6) is 1.29. The third-order valence-electron chi connectivity index (χ3n) is 1.89. The van der Waals surface area contributed by atoms with Crippen molar-refractivity contribution in [3.8, 4) is 11.5 Å². The van der Waals surface area contributed by atoms with Crippen LogP contribution in [-0.2, 0) is 0 Å². The lowest BCUT2D eigenvalue weighted by Crippen LogP contribution is -1.92. The first-order chi connectivity index (χ1) is 7.37. The Morgan fingerprint density at radius 2 is 2.00 bits per heavy atom. The smallest absolute Gasteiger partial charge is 0.161 e. The number of thioether (sulfide) groups is 1. The third kappa shape index (κ3) is 2.35. The predicted octanol–water partition coefficient (Wildman–Crippen LogP) is 3.12. The highest BCUT2D eigenvalue weighted by Crippen LogP contribution is 2.34. The van der Waals surface area contributed by atoms with E-state index >= 15 is 0 Å². The first kappa shape index (κ1) is 8.48. The van der Waals surface area contributed by atoms with Gasteiger partial charge in [0.05, 0.1) is 14.2 Å². The quantitative estimate of drug-likeness (QED) is 0.566. The van der Waals surface area contributed by atoms with Crippen molar-refractivity contribution in [2.24, 2.45) is 0 Å². The number of hydrogen-bond donors (Lipinski definition) is 0. The summed E-state index contributed by atoms with van der Waals surface area (Å²) in [6, 6.07) is 3.66. The maximum atomic E-state index is 7.55. The van der Waals surface area contributed by atoms with Crippen molar-refractivity contribution < 1.29 is 12.2 Å². The summed E-state index contributed by atoms with van der Waals surface area (Å²) in [5, 5.41) is 0. The SMILES string of the molecule is [1H][13C]([2H])(C)Sc1cc(OC)c(OC)cc1C. The Kier molecular flexibility index (Phi) is 3.12. The van der Waals surface area contributed by atoms with Gasteiger partial charge in [0.1, 0.15) is 0 Å². The van der Waals surface area contributed by atoms with E-state index in [1.54, 1.807) is 20.3 Å². The number of hydrogen-bond acceptors (Lipinski definition) is 3. The van der Waals surface area contributed by atoms with Crippen LogP contribution in [0.15, 0.2) is 17.0 Å². The summed E-state index contributed by atoms with van der Waals surface area (Å²) in [5.41, 5.74) is -0.321. The Balaban J connectivity index is 3.11. The maximum absolute atomic E-state index is 7.55. The first-order valence-corrected chi connectivity index (χ1v) is 5.10. The molecule has 0 aliphatic rings. The molecule has 0 heterocycles. The van der Waals surface area contributed by atoms with Crippen LogP contribution < -0.4 is 9.47 Å². The highest BCUT2D eigenvalue weighted by molar-refractivity contribution is 7.99. The Bertz CT molecular complexity index is 375. The first-order valence-electron chi connectivity index (χ1n) is 5.29. The molecule has 1 aromatic rings. The summed E-state index contributed by atoms with van der Waals surface area (Å²) >= 11 is 1.17. The average molecular weight is 214 g/mol. The van der Waals surface area contributed by atoms with E-state index in [0.717, 1.165) is 10.5 Å². The second-order valence-electron chi connectivity index (χ2n) is 2.78. The second kappa shape index (κ2) is 5.15. The fourth-order valence-corrected chi connectivity index (χ4v) is 1.79. The fourth-order valence-electron chi connectivity index (χ4n) is 1.18. The molecule has 0 amide bonds. The van der Waals surface area contributed by atoms with Crippen molar-refractivity contribution in [2.45, 2.75) is 18.7 Å². The summed E-state index contributed by atoms with van der Waals surface area (Å²) in [7, 11) is 3.16. The molecule has 0 radical (unpaired) electrons. The van der Waals surface area contributed by atoms with Crippen LogP contribution in [0.1, 0.15) is 15.2 Å². The molecule has 0 spiro atoms. The molecule has 0 saturated carbocycles. The topological polar surface area (TPSA) is 18.5 Å². The highest BCUT2D eigenvalue weighted by atomic mass is 32.2. The van der Waals surface area contributed by atoms with E-state index < -0.39 is 5.70 Å². The van der Waals surface area contributed by atoms with E-state index in [2.05, 4.69) is 0 Å². The van der Waals surface area contributed by atoms with Crippen LogP contribution in [0.3, 0.4) is 0 Å². The largest absolute Gasteiger partial charge is 0.493 e. The molecule has 0 N–H and O–H groups in total. The minimum absolute atomic E-state index is 0.625. The van der Waals surface area contributed by atoms with Crippen LogP contribution in [-0.4, -0.2) is 19.9 Å². The van der Waals surface area contributed by atoms with Gasteiger partial charge in [-0.25, -0.2) is 0 Å². The van der Waals surface area contributed by atoms with Crippen LogP contribution in [0.4, 0.5) is 0 Å². The molecule has 0 bridgehead atoms. The minimum atomic E-state index is -1.30. The van der Waals surface area contributed by atoms with E-state index in [4.69, 9.17) is 12.2 Å². The molecule has 0 aliphatic heterocycles. The summed E-state index contributed by atoms with van der Waals surface area (Å²) in [6.07, 6.45) is 0. The van der Waals surface area contributed by atoms with E-state index in [9.17, 15) is 0 Å². The van der Waals surface area contributed by atoms with Gasteiger partial charge in [0, 0.05) is 7.64 Å². The zero-order valence-corrected chi connectivity index (χ0v) is 9.70. The van der Waals surface area contributed by atoms with Crippen molar-refractivity contribution in [1.29, 1.82) is 0 Å². The van der Waals surface area contributed by atoms with Gasteiger partial charge in [-0.3, -0.25) is 0 Å².